The van der Waals surface area contributed by atoms with Gasteiger partial charge in [0, 0.05) is 5.56 Å². The van der Waals surface area contributed by atoms with Crippen LogP contribution in [0, 0.1) is 0 Å². The number of hydrogen-bond donors (Lipinski definition) is 0. The smallest absolute Gasteiger partial charge is 0.174 e. The monoisotopic (exact) mass is 190 g/mol. The second kappa shape index (κ2) is 4.60. The first kappa shape index (κ1) is 8.99. The Balaban J connectivity index is 2.49. The van der Waals surface area contributed by atoms with Crippen LogP contribution in [-0.2, 0) is 16.5 Å². The van der Waals surface area contributed by atoms with Crippen LogP contribution in [0.1, 0.15) is 5.56 Å². The average molecular weight is 190 g/mol. The minimum atomic E-state index is 0.397. The van der Waals surface area contributed by atoms with Crippen molar-refractivity contribution >= 4 is 0 Å². The SMILES string of the molecule is c1ccccc2c(ccc1)COOO2. The molecule has 0 atom stereocenters. The van der Waals surface area contributed by atoms with E-state index in [2.05, 4.69) is 5.04 Å². The normalized spacial score (nSPS) is 13.4. The highest BCUT2D eigenvalue weighted by Crippen LogP contribution is 2.20. The molecule has 0 spiro atoms. The third-order valence-electron chi connectivity index (χ3n) is 1.80. The Labute approximate surface area is 82.0 Å². The zero-order valence-electron chi connectivity index (χ0n) is 7.55. The maximum absolute atomic E-state index is 4.88. The van der Waals surface area contributed by atoms with Gasteiger partial charge in [-0.25, -0.2) is 0 Å². The van der Waals surface area contributed by atoms with Crippen molar-refractivity contribution in [3.63, 3.8) is 0 Å². The van der Waals surface area contributed by atoms with Gasteiger partial charge >= 0.3 is 0 Å². The molecule has 0 aliphatic carbocycles. The van der Waals surface area contributed by atoms with Crippen LogP contribution < -0.4 is 4.89 Å². The van der Waals surface area contributed by atoms with E-state index in [1.54, 1.807) is 0 Å². The Hall–Kier alpha value is -1.58. The molecular weight excluding hydrogens is 180 g/mol. The Morgan fingerprint density at radius 1 is 0.857 bits per heavy atom. The Morgan fingerprint density at radius 2 is 1.57 bits per heavy atom. The molecule has 0 aromatic heterocycles. The molecule has 0 amide bonds. The Morgan fingerprint density at radius 3 is 2.43 bits per heavy atom. The van der Waals surface area contributed by atoms with Crippen LogP contribution in [0.25, 0.3) is 0 Å². The van der Waals surface area contributed by atoms with Crippen molar-refractivity contribution in [1.29, 1.82) is 0 Å². The van der Waals surface area contributed by atoms with Crippen LogP contribution in [0.4, 0.5) is 0 Å². The van der Waals surface area contributed by atoms with Gasteiger partial charge in [0.05, 0.1) is 0 Å². The molecule has 0 N–H and O–H groups in total. The van der Waals surface area contributed by atoms with Gasteiger partial charge in [-0.15, -0.1) is 0 Å². The van der Waals surface area contributed by atoms with Gasteiger partial charge in [0.2, 0.25) is 0 Å². The fourth-order valence-corrected chi connectivity index (χ4v) is 1.11. The predicted molar refractivity (Wildman–Crippen MR) is 50.6 cm³/mol. The van der Waals surface area contributed by atoms with Gasteiger partial charge in [-0.2, -0.15) is 4.89 Å². The van der Waals surface area contributed by atoms with E-state index < -0.39 is 0 Å². The zero-order chi connectivity index (χ0) is 9.64. The first-order chi connectivity index (χ1) is 6.97. The molecule has 0 unspecified atom stereocenters. The standard InChI is InChI=1S/C11H10O3/c1-2-4-6-8-11-10(7-5-3-1)9-12-14-13-11/h1-8H,9H2. The topological polar surface area (TPSA) is 27.7 Å². The predicted octanol–water partition coefficient (Wildman–Crippen LogP) is 2.57. The van der Waals surface area contributed by atoms with E-state index in [-0.39, 0.29) is 0 Å². The molecule has 1 aliphatic heterocycles. The highest BCUT2D eigenvalue weighted by atomic mass is 17.5. The maximum Gasteiger partial charge on any atom is 0.174 e. The molecule has 2 rings (SSSR count). The van der Waals surface area contributed by atoms with Crippen LogP contribution in [0.15, 0.2) is 48.5 Å². The van der Waals surface area contributed by atoms with E-state index in [0.29, 0.717) is 12.4 Å². The van der Waals surface area contributed by atoms with Crippen molar-refractivity contribution in [1.82, 2.24) is 0 Å². The summed E-state index contributed by atoms with van der Waals surface area (Å²) in [7, 11) is 0. The Kier molecular flexibility index (Phi) is 2.95. The summed E-state index contributed by atoms with van der Waals surface area (Å²) in [5.41, 5.74) is 0.951. The molecule has 0 bridgehead atoms. The summed E-state index contributed by atoms with van der Waals surface area (Å²) >= 11 is 0. The van der Waals surface area contributed by atoms with Gasteiger partial charge in [0.25, 0.3) is 0 Å². The summed E-state index contributed by atoms with van der Waals surface area (Å²) in [5, 5.41) is 4.42. The van der Waals surface area contributed by atoms with Crippen molar-refractivity contribution in [2.45, 2.75) is 6.61 Å². The summed E-state index contributed by atoms with van der Waals surface area (Å²) in [6.45, 7) is 0.397. The summed E-state index contributed by atoms with van der Waals surface area (Å²) < 4.78 is 0. The number of rotatable bonds is 0. The second-order valence-corrected chi connectivity index (χ2v) is 2.79. The Bertz CT molecular complexity index is 326. The summed E-state index contributed by atoms with van der Waals surface area (Å²) in [4.78, 5) is 9.58. The van der Waals surface area contributed by atoms with Crippen LogP contribution in [0.3, 0.4) is 0 Å². The minimum Gasteiger partial charge on any atom is -0.308 e. The molecule has 0 radical (unpaired) electrons. The number of fused-ring (bicyclic) bond motifs is 1. The van der Waals surface area contributed by atoms with E-state index in [4.69, 9.17) is 9.78 Å². The van der Waals surface area contributed by atoms with E-state index >= 15 is 0 Å². The molecule has 0 saturated heterocycles. The van der Waals surface area contributed by atoms with Crippen LogP contribution in [-0.4, -0.2) is 0 Å². The second-order valence-electron chi connectivity index (χ2n) is 2.79. The van der Waals surface area contributed by atoms with E-state index in [1.165, 1.54) is 0 Å². The minimum absolute atomic E-state index is 0.397. The lowest BCUT2D eigenvalue weighted by molar-refractivity contribution is -0.482. The highest BCUT2D eigenvalue weighted by Gasteiger charge is 2.08. The molecule has 1 heterocycles. The van der Waals surface area contributed by atoms with Gasteiger partial charge in [0.1, 0.15) is 6.61 Å². The molecule has 3 heteroatoms. The average Bonchev–Trinajstić information content (AvgIpc) is 2.25. The molecular formula is C11H10O3. The lowest BCUT2D eigenvalue weighted by Gasteiger charge is -2.11. The third kappa shape index (κ3) is 2.22. The zero-order valence-corrected chi connectivity index (χ0v) is 7.55. The van der Waals surface area contributed by atoms with Crippen molar-refractivity contribution in [3.8, 4) is 5.75 Å². The summed E-state index contributed by atoms with van der Waals surface area (Å²) in [6.07, 6.45) is 0. The summed E-state index contributed by atoms with van der Waals surface area (Å²) in [5.74, 6) is 0.674. The fraction of sp³-hybridized carbons (Fsp3) is 0.0909. The lowest BCUT2D eigenvalue weighted by Crippen LogP contribution is -2.07. The maximum atomic E-state index is 4.88. The molecule has 0 fully saturated rings. The van der Waals surface area contributed by atoms with Gasteiger partial charge in [-0.1, -0.05) is 42.5 Å². The van der Waals surface area contributed by atoms with Crippen LogP contribution in [0.5, 0.6) is 5.75 Å². The fourth-order valence-electron chi connectivity index (χ4n) is 1.11. The molecule has 0 saturated carbocycles. The quantitative estimate of drug-likeness (QED) is 0.588. The number of hydrogen-bond acceptors (Lipinski definition) is 3. The van der Waals surface area contributed by atoms with E-state index in [1.807, 2.05) is 48.5 Å². The van der Waals surface area contributed by atoms with Crippen LogP contribution in [0.2, 0.25) is 0 Å². The molecule has 1 aromatic carbocycles. The van der Waals surface area contributed by atoms with Gasteiger partial charge in [-0.3, -0.25) is 0 Å². The lowest BCUT2D eigenvalue weighted by atomic mass is 10.2. The molecule has 3 nitrogen and oxygen atoms in total. The van der Waals surface area contributed by atoms with Crippen molar-refractivity contribution in [2.24, 2.45) is 0 Å². The third-order valence-corrected chi connectivity index (χ3v) is 1.80. The van der Waals surface area contributed by atoms with Gasteiger partial charge in [-0.05, 0) is 11.1 Å². The summed E-state index contributed by atoms with van der Waals surface area (Å²) in [6, 6.07) is 15.3. The molecule has 1 aromatic rings. The van der Waals surface area contributed by atoms with E-state index in [9.17, 15) is 0 Å². The van der Waals surface area contributed by atoms with Crippen molar-refractivity contribution in [2.75, 3.05) is 0 Å². The molecule has 1 aliphatic rings. The van der Waals surface area contributed by atoms with Gasteiger partial charge < -0.3 is 4.89 Å². The molecule has 14 heavy (non-hydrogen) atoms. The first-order valence-corrected chi connectivity index (χ1v) is 4.34. The van der Waals surface area contributed by atoms with Gasteiger partial charge in [0.15, 0.2) is 5.75 Å². The van der Waals surface area contributed by atoms with Crippen molar-refractivity contribution < 1.29 is 14.8 Å². The van der Waals surface area contributed by atoms with E-state index in [0.717, 1.165) is 5.56 Å². The van der Waals surface area contributed by atoms with Crippen LogP contribution >= 0.6 is 0 Å². The first-order valence-electron chi connectivity index (χ1n) is 4.34. The largest absolute Gasteiger partial charge is 0.308 e. The molecule has 72 valence electrons. The van der Waals surface area contributed by atoms with Crippen molar-refractivity contribution in [3.05, 3.63) is 54.1 Å². The highest BCUT2D eigenvalue weighted by molar-refractivity contribution is 5.29.